The molecule has 0 bridgehead atoms. The first-order valence-electron chi connectivity index (χ1n) is 11.7. The highest BCUT2D eigenvalue weighted by atomic mass is 35.5. The molecule has 4 aromatic rings. The summed E-state index contributed by atoms with van der Waals surface area (Å²) in [7, 11) is 5.19. The van der Waals surface area contributed by atoms with Gasteiger partial charge in [-0.1, -0.05) is 60.8 Å². The van der Waals surface area contributed by atoms with Crippen molar-refractivity contribution in [2.75, 3.05) is 21.2 Å². The molecule has 0 saturated carbocycles. The molecule has 0 spiro atoms. The van der Waals surface area contributed by atoms with Crippen LogP contribution in [0.25, 0.3) is 33.4 Å². The van der Waals surface area contributed by atoms with Crippen LogP contribution >= 0.6 is 34.8 Å². The third-order valence-corrected chi connectivity index (χ3v) is 6.48. The number of aromatic nitrogens is 2. The van der Waals surface area contributed by atoms with Crippen LogP contribution in [0, 0.1) is 5.92 Å². The van der Waals surface area contributed by atoms with E-state index in [9.17, 15) is 4.79 Å². The van der Waals surface area contributed by atoms with Gasteiger partial charge in [0.05, 0.1) is 24.2 Å². The zero-order valence-corrected chi connectivity index (χ0v) is 23.5. The van der Waals surface area contributed by atoms with E-state index in [1.54, 1.807) is 27.9 Å². The molecule has 0 aliphatic rings. The predicted octanol–water partition coefficient (Wildman–Crippen LogP) is 7.58. The van der Waals surface area contributed by atoms with E-state index >= 15 is 0 Å². The standard InChI is InChI=1S/C28H27Cl3N4O2/c1-16(2)14-35-27-22(25(32-15-34(3)4)26(37-5)28(35)36)13-21(17-6-8-18(29)9-7-17)24(33-27)20-11-10-19(30)12-23(20)31/h6-13,15-16H,14H2,1-5H3/b32-15-. The molecule has 192 valence electrons. The van der Waals surface area contributed by atoms with Crippen LogP contribution in [0.5, 0.6) is 5.75 Å². The molecule has 0 aliphatic carbocycles. The van der Waals surface area contributed by atoms with Crippen molar-refractivity contribution in [2.45, 2.75) is 20.4 Å². The minimum Gasteiger partial charge on any atom is -0.490 e. The normalized spacial score (nSPS) is 11.6. The minimum absolute atomic E-state index is 0.160. The molecule has 2 heterocycles. The summed E-state index contributed by atoms with van der Waals surface area (Å²) in [5, 5.41) is 2.26. The maximum atomic E-state index is 13.6. The molecule has 6 nitrogen and oxygen atoms in total. The van der Waals surface area contributed by atoms with Crippen LogP contribution in [0.1, 0.15) is 13.8 Å². The highest BCUT2D eigenvalue weighted by molar-refractivity contribution is 6.36. The first-order chi connectivity index (χ1) is 17.6. The fourth-order valence-corrected chi connectivity index (χ4v) is 4.71. The number of methoxy groups -OCH3 is 1. The minimum atomic E-state index is -0.297. The molecule has 0 amide bonds. The van der Waals surface area contributed by atoms with Crippen molar-refractivity contribution in [3.05, 3.63) is 74.0 Å². The molecule has 2 aromatic heterocycles. The fraction of sp³-hybridized carbons (Fsp3) is 0.250. The molecule has 0 N–H and O–H groups in total. The second-order valence-electron chi connectivity index (χ2n) is 9.29. The molecule has 0 radical (unpaired) electrons. The average Bonchev–Trinajstić information content (AvgIpc) is 2.84. The molecule has 9 heteroatoms. The molecule has 4 rings (SSSR count). The molecule has 0 atom stereocenters. The Bertz CT molecular complexity index is 1540. The Morgan fingerprint density at radius 3 is 2.30 bits per heavy atom. The zero-order chi connectivity index (χ0) is 26.9. The van der Waals surface area contributed by atoms with Gasteiger partial charge in [0.1, 0.15) is 11.3 Å². The summed E-state index contributed by atoms with van der Waals surface area (Å²) in [6.45, 7) is 4.54. The van der Waals surface area contributed by atoms with E-state index < -0.39 is 0 Å². The summed E-state index contributed by atoms with van der Waals surface area (Å²) >= 11 is 19.0. The Morgan fingerprint density at radius 2 is 1.70 bits per heavy atom. The number of aliphatic imine (C=N–C) groups is 1. The Hall–Kier alpha value is -3.06. The SMILES string of the molecule is COc1c(/N=C\N(C)C)c2cc(-c3ccc(Cl)cc3)c(-c3ccc(Cl)cc3Cl)nc2n(CC(C)C)c1=O. The Labute approximate surface area is 231 Å². The molecule has 0 unspecified atom stereocenters. The van der Waals surface area contributed by atoms with Gasteiger partial charge in [-0.2, -0.15) is 0 Å². The van der Waals surface area contributed by atoms with Crippen molar-refractivity contribution in [3.63, 3.8) is 0 Å². The van der Waals surface area contributed by atoms with E-state index in [0.717, 1.165) is 11.1 Å². The van der Waals surface area contributed by atoms with Crippen LogP contribution in [0.2, 0.25) is 15.1 Å². The van der Waals surface area contributed by atoms with Gasteiger partial charge in [0.2, 0.25) is 5.75 Å². The molecule has 37 heavy (non-hydrogen) atoms. The second-order valence-corrected chi connectivity index (χ2v) is 10.6. The van der Waals surface area contributed by atoms with Crippen molar-refractivity contribution < 1.29 is 4.74 Å². The van der Waals surface area contributed by atoms with Crippen LogP contribution in [-0.4, -0.2) is 42.0 Å². The monoisotopic (exact) mass is 556 g/mol. The van der Waals surface area contributed by atoms with Crippen molar-refractivity contribution in [3.8, 4) is 28.1 Å². The maximum absolute atomic E-state index is 13.6. The first-order valence-corrected chi connectivity index (χ1v) is 12.8. The fourth-order valence-electron chi connectivity index (χ4n) is 4.08. The van der Waals surface area contributed by atoms with Gasteiger partial charge in [0.25, 0.3) is 5.56 Å². The number of rotatable bonds is 7. The molecular formula is C28H27Cl3N4O2. The number of pyridine rings is 2. The summed E-state index contributed by atoms with van der Waals surface area (Å²) in [5.74, 6) is 0.342. The third kappa shape index (κ3) is 5.61. The van der Waals surface area contributed by atoms with Crippen LogP contribution in [0.3, 0.4) is 0 Å². The largest absolute Gasteiger partial charge is 0.490 e. The number of benzene rings is 2. The highest BCUT2D eigenvalue weighted by Crippen LogP contribution is 2.41. The van der Waals surface area contributed by atoms with Crippen LogP contribution < -0.4 is 10.3 Å². The van der Waals surface area contributed by atoms with E-state index in [1.807, 2.05) is 64.3 Å². The van der Waals surface area contributed by atoms with E-state index in [-0.39, 0.29) is 17.2 Å². The van der Waals surface area contributed by atoms with Gasteiger partial charge in [0.15, 0.2) is 0 Å². The van der Waals surface area contributed by atoms with Gasteiger partial charge >= 0.3 is 0 Å². The van der Waals surface area contributed by atoms with Crippen LogP contribution in [0.4, 0.5) is 5.69 Å². The van der Waals surface area contributed by atoms with Crippen molar-refractivity contribution in [1.29, 1.82) is 0 Å². The summed E-state index contributed by atoms with van der Waals surface area (Å²) < 4.78 is 7.25. The number of fused-ring (bicyclic) bond motifs is 1. The second kappa shape index (κ2) is 11.1. The third-order valence-electron chi connectivity index (χ3n) is 5.68. The summed E-state index contributed by atoms with van der Waals surface area (Å²) in [6.07, 6.45) is 1.63. The van der Waals surface area contributed by atoms with Crippen molar-refractivity contribution in [2.24, 2.45) is 10.9 Å². The lowest BCUT2D eigenvalue weighted by Gasteiger charge is -2.19. The van der Waals surface area contributed by atoms with E-state index in [1.165, 1.54) is 7.11 Å². The topological polar surface area (TPSA) is 59.7 Å². The highest BCUT2D eigenvalue weighted by Gasteiger charge is 2.23. The van der Waals surface area contributed by atoms with Crippen LogP contribution in [-0.2, 0) is 6.54 Å². The first kappa shape index (κ1) is 27.0. The number of ether oxygens (including phenoxy) is 1. The Balaban J connectivity index is 2.20. The van der Waals surface area contributed by atoms with Gasteiger partial charge in [-0.3, -0.25) is 9.36 Å². The van der Waals surface area contributed by atoms with Gasteiger partial charge in [-0.15, -0.1) is 0 Å². The van der Waals surface area contributed by atoms with E-state index in [2.05, 4.69) is 4.99 Å². The molecule has 0 saturated heterocycles. The maximum Gasteiger partial charge on any atom is 0.296 e. The zero-order valence-electron chi connectivity index (χ0n) is 21.2. The summed E-state index contributed by atoms with van der Waals surface area (Å²) in [4.78, 5) is 25.1. The summed E-state index contributed by atoms with van der Waals surface area (Å²) in [5.41, 5.74) is 3.58. The average molecular weight is 558 g/mol. The number of halogens is 3. The van der Waals surface area contributed by atoms with E-state index in [0.29, 0.717) is 49.6 Å². The van der Waals surface area contributed by atoms with Crippen molar-refractivity contribution >= 4 is 57.9 Å². The van der Waals surface area contributed by atoms with Gasteiger partial charge in [-0.25, -0.2) is 9.98 Å². The Kier molecular flexibility index (Phi) is 8.12. The van der Waals surface area contributed by atoms with Gasteiger partial charge in [-0.05, 0) is 47.9 Å². The molecule has 0 aliphatic heterocycles. The van der Waals surface area contributed by atoms with Crippen molar-refractivity contribution in [1.82, 2.24) is 14.5 Å². The lowest BCUT2D eigenvalue weighted by atomic mass is 9.97. The van der Waals surface area contributed by atoms with E-state index in [4.69, 9.17) is 44.5 Å². The lowest BCUT2D eigenvalue weighted by molar-refractivity contribution is 0.401. The molecule has 0 fully saturated rings. The number of hydrogen-bond donors (Lipinski definition) is 0. The number of hydrogen-bond acceptors (Lipinski definition) is 4. The number of nitrogens with zero attached hydrogens (tertiary/aromatic N) is 4. The molecular weight excluding hydrogens is 531 g/mol. The Morgan fingerprint density at radius 1 is 1.03 bits per heavy atom. The van der Waals surface area contributed by atoms with Crippen LogP contribution in [0.15, 0.2) is 58.3 Å². The van der Waals surface area contributed by atoms with Gasteiger partial charge in [0, 0.05) is 47.2 Å². The predicted molar refractivity (Wildman–Crippen MR) is 155 cm³/mol. The molecule has 2 aromatic carbocycles. The lowest BCUT2D eigenvalue weighted by Crippen LogP contribution is -2.25. The smallest absolute Gasteiger partial charge is 0.296 e. The van der Waals surface area contributed by atoms with Gasteiger partial charge < -0.3 is 9.64 Å². The quantitative estimate of drug-likeness (QED) is 0.174. The summed E-state index contributed by atoms with van der Waals surface area (Å²) in [6, 6.07) is 14.7.